The molecule has 0 amide bonds. The molecule has 0 radical (unpaired) electrons. The molecule has 0 aliphatic carbocycles. The topological polar surface area (TPSA) is 99.0 Å². The van der Waals surface area contributed by atoms with Gasteiger partial charge in [-0.15, -0.1) is 0 Å². The number of nitro benzene ring substituents is 1. The number of nitrogens with one attached hydrogen (secondary N) is 1. The van der Waals surface area contributed by atoms with E-state index in [2.05, 4.69) is 15.5 Å². The summed E-state index contributed by atoms with van der Waals surface area (Å²) in [6, 6.07) is 4.96. The van der Waals surface area contributed by atoms with E-state index in [9.17, 15) is 23.3 Å². The fraction of sp³-hybridized carbons (Fsp3) is 0.231. The molecule has 2 aromatic heterocycles. The first kappa shape index (κ1) is 15.8. The van der Waals surface area contributed by atoms with Crippen LogP contribution in [0, 0.1) is 10.1 Å². The molecule has 11 heteroatoms. The molecule has 0 spiro atoms. The maximum absolute atomic E-state index is 14.1. The molecule has 0 aliphatic heterocycles. The first-order valence-electron chi connectivity index (χ1n) is 6.66. The van der Waals surface area contributed by atoms with Crippen molar-refractivity contribution < 1.29 is 22.6 Å². The van der Waals surface area contributed by atoms with Crippen molar-refractivity contribution in [2.75, 3.05) is 12.4 Å². The Kier molecular flexibility index (Phi) is 3.83. The Morgan fingerprint density at radius 1 is 1.38 bits per heavy atom. The molecule has 0 saturated carbocycles. The van der Waals surface area contributed by atoms with E-state index >= 15 is 0 Å². The fourth-order valence-electron chi connectivity index (χ4n) is 2.37. The van der Waals surface area contributed by atoms with Gasteiger partial charge in [0, 0.05) is 13.1 Å². The van der Waals surface area contributed by atoms with E-state index < -0.39 is 17.6 Å². The Hall–Kier alpha value is -3.11. The Labute approximate surface area is 132 Å². The van der Waals surface area contributed by atoms with Crippen molar-refractivity contribution in [1.29, 1.82) is 0 Å². The van der Waals surface area contributed by atoms with Gasteiger partial charge >= 0.3 is 6.01 Å². The quantitative estimate of drug-likeness (QED) is 0.564. The van der Waals surface area contributed by atoms with Gasteiger partial charge in [-0.3, -0.25) is 10.1 Å². The molecular formula is C13H10F3N5O3. The van der Waals surface area contributed by atoms with Crippen LogP contribution in [0.15, 0.2) is 28.8 Å². The van der Waals surface area contributed by atoms with Crippen LogP contribution in [-0.2, 0) is 0 Å². The standard InChI is InChI=1S/C13H10F3N5O3/c1-17-13-18-12(19-24-13)9-5-6-7(20(9)11(16)10(14)15)3-2-4-8(6)21(22)23/h2-5,10-11H,1H3,(H,17,18,19). The zero-order valence-electron chi connectivity index (χ0n) is 12.1. The van der Waals surface area contributed by atoms with Gasteiger partial charge < -0.3 is 14.4 Å². The summed E-state index contributed by atoms with van der Waals surface area (Å²) >= 11 is 0. The number of hydrogen-bond acceptors (Lipinski definition) is 6. The molecule has 0 bridgehead atoms. The van der Waals surface area contributed by atoms with Crippen molar-refractivity contribution in [3.8, 4) is 11.5 Å². The van der Waals surface area contributed by atoms with E-state index in [1.807, 2.05) is 0 Å². The monoisotopic (exact) mass is 341 g/mol. The van der Waals surface area contributed by atoms with Crippen molar-refractivity contribution in [3.63, 3.8) is 0 Å². The first-order chi connectivity index (χ1) is 11.4. The normalized spacial score (nSPS) is 12.7. The minimum atomic E-state index is -3.34. The van der Waals surface area contributed by atoms with Crippen molar-refractivity contribution in [2.24, 2.45) is 0 Å². The first-order valence-corrected chi connectivity index (χ1v) is 6.66. The van der Waals surface area contributed by atoms with E-state index in [1.54, 1.807) is 0 Å². The molecule has 0 fully saturated rings. The van der Waals surface area contributed by atoms with E-state index in [0.717, 1.165) is 0 Å². The van der Waals surface area contributed by atoms with Gasteiger partial charge in [-0.05, 0) is 12.1 Å². The highest BCUT2D eigenvalue weighted by Gasteiger charge is 2.30. The summed E-state index contributed by atoms with van der Waals surface area (Å²) in [5.41, 5.74) is -0.563. The SMILES string of the molecule is CNc1nc(-c2cc3c([N+](=O)[O-])cccc3n2C(F)C(F)F)no1. The molecule has 1 atom stereocenters. The van der Waals surface area contributed by atoms with Crippen LogP contribution in [0.4, 0.5) is 24.9 Å². The largest absolute Gasteiger partial charge is 0.341 e. The van der Waals surface area contributed by atoms with Gasteiger partial charge in [0.15, 0.2) is 0 Å². The predicted molar refractivity (Wildman–Crippen MR) is 77.6 cm³/mol. The summed E-state index contributed by atoms with van der Waals surface area (Å²) < 4.78 is 45.4. The van der Waals surface area contributed by atoms with E-state index in [0.29, 0.717) is 4.57 Å². The van der Waals surface area contributed by atoms with Crippen LogP contribution in [-0.4, -0.2) is 33.1 Å². The second-order valence-corrected chi connectivity index (χ2v) is 4.75. The molecule has 8 nitrogen and oxygen atoms in total. The number of alkyl halides is 3. The van der Waals surface area contributed by atoms with Gasteiger partial charge in [0.25, 0.3) is 12.1 Å². The average Bonchev–Trinajstić information content (AvgIpc) is 3.17. The lowest BCUT2D eigenvalue weighted by molar-refractivity contribution is -0.383. The van der Waals surface area contributed by atoms with Crippen LogP contribution < -0.4 is 5.32 Å². The second-order valence-electron chi connectivity index (χ2n) is 4.75. The van der Waals surface area contributed by atoms with Crippen LogP contribution >= 0.6 is 0 Å². The number of nitro groups is 1. The van der Waals surface area contributed by atoms with Crippen molar-refractivity contribution >= 4 is 22.6 Å². The van der Waals surface area contributed by atoms with Gasteiger partial charge in [0.05, 0.1) is 21.5 Å². The summed E-state index contributed by atoms with van der Waals surface area (Å²) in [6.07, 6.45) is -6.06. The van der Waals surface area contributed by atoms with E-state index in [1.165, 1.54) is 31.3 Å². The molecule has 1 N–H and O–H groups in total. The predicted octanol–water partition coefficient (Wildman–Crippen LogP) is 3.37. The van der Waals surface area contributed by atoms with Crippen molar-refractivity contribution in [2.45, 2.75) is 12.7 Å². The number of hydrogen-bond donors (Lipinski definition) is 1. The Balaban J connectivity index is 2.32. The molecule has 1 aromatic carbocycles. The lowest BCUT2D eigenvalue weighted by atomic mass is 10.2. The molecule has 126 valence electrons. The van der Waals surface area contributed by atoms with Gasteiger partial charge in [-0.25, -0.2) is 13.2 Å². The number of non-ortho nitro benzene ring substituents is 1. The molecule has 2 heterocycles. The highest BCUT2D eigenvalue weighted by atomic mass is 19.3. The molecular weight excluding hydrogens is 331 g/mol. The lowest BCUT2D eigenvalue weighted by Gasteiger charge is -2.13. The third-order valence-corrected chi connectivity index (χ3v) is 3.38. The molecule has 1 unspecified atom stereocenters. The van der Waals surface area contributed by atoms with Crippen molar-refractivity contribution in [3.05, 3.63) is 34.4 Å². The van der Waals surface area contributed by atoms with Crippen molar-refractivity contribution in [1.82, 2.24) is 14.7 Å². The summed E-state index contributed by atoms with van der Waals surface area (Å²) in [5.74, 6) is -0.173. The lowest BCUT2D eigenvalue weighted by Crippen LogP contribution is -2.13. The summed E-state index contributed by atoms with van der Waals surface area (Å²) in [7, 11) is 1.49. The fourth-order valence-corrected chi connectivity index (χ4v) is 2.37. The van der Waals surface area contributed by atoms with Gasteiger partial charge in [0.2, 0.25) is 12.1 Å². The highest BCUT2D eigenvalue weighted by Crippen LogP contribution is 2.37. The number of halogens is 3. The maximum atomic E-state index is 14.1. The highest BCUT2D eigenvalue weighted by molar-refractivity contribution is 5.93. The number of benzene rings is 1. The second kappa shape index (κ2) is 5.83. The Morgan fingerprint density at radius 2 is 2.12 bits per heavy atom. The zero-order chi connectivity index (χ0) is 17.4. The average molecular weight is 341 g/mol. The summed E-state index contributed by atoms with van der Waals surface area (Å²) in [4.78, 5) is 14.3. The molecule has 0 aliphatic rings. The van der Waals surface area contributed by atoms with Gasteiger partial charge in [-0.1, -0.05) is 11.2 Å². The molecule has 3 rings (SSSR count). The van der Waals surface area contributed by atoms with Crippen LogP contribution in [0.1, 0.15) is 6.30 Å². The minimum absolute atomic E-state index is 0.00314. The number of fused-ring (bicyclic) bond motifs is 1. The zero-order valence-corrected chi connectivity index (χ0v) is 12.1. The summed E-state index contributed by atoms with van der Waals surface area (Å²) in [5, 5.41) is 17.2. The van der Waals surface area contributed by atoms with Gasteiger partial charge in [0.1, 0.15) is 0 Å². The number of anilines is 1. The third kappa shape index (κ3) is 2.43. The van der Waals surface area contributed by atoms with Crippen LogP contribution in [0.25, 0.3) is 22.4 Å². The minimum Gasteiger partial charge on any atom is -0.341 e. The Bertz CT molecular complexity index is 908. The molecule has 0 saturated heterocycles. The van der Waals surface area contributed by atoms with E-state index in [4.69, 9.17) is 4.52 Å². The number of nitrogens with zero attached hydrogens (tertiary/aromatic N) is 4. The van der Waals surface area contributed by atoms with E-state index in [-0.39, 0.29) is 34.1 Å². The van der Waals surface area contributed by atoms with Crippen LogP contribution in [0.3, 0.4) is 0 Å². The molecule has 24 heavy (non-hydrogen) atoms. The Morgan fingerprint density at radius 3 is 2.71 bits per heavy atom. The number of rotatable bonds is 5. The third-order valence-electron chi connectivity index (χ3n) is 3.38. The summed E-state index contributed by atoms with van der Waals surface area (Å²) in [6.45, 7) is 0. The maximum Gasteiger partial charge on any atom is 0.321 e. The van der Waals surface area contributed by atoms with Gasteiger partial charge in [-0.2, -0.15) is 4.98 Å². The van der Waals surface area contributed by atoms with Crippen LogP contribution in [0.2, 0.25) is 0 Å². The number of aromatic nitrogens is 3. The molecule has 3 aromatic rings. The smallest absolute Gasteiger partial charge is 0.321 e. The van der Waals surface area contributed by atoms with Crippen LogP contribution in [0.5, 0.6) is 0 Å².